The first-order valence-corrected chi connectivity index (χ1v) is 5.80. The van der Waals surface area contributed by atoms with Crippen molar-refractivity contribution in [2.24, 2.45) is 0 Å². The molecule has 0 bridgehead atoms. The number of rotatable bonds is 4. The maximum atomic E-state index is 11.6. The first-order valence-electron chi connectivity index (χ1n) is 5.80. The predicted molar refractivity (Wildman–Crippen MR) is 65.5 cm³/mol. The molecule has 1 aromatic rings. The van der Waals surface area contributed by atoms with Crippen LogP contribution >= 0.6 is 0 Å². The first-order chi connectivity index (χ1) is 8.93. The lowest BCUT2D eigenvalue weighted by molar-refractivity contribution is -0.128. The number of imide groups is 1. The standard InChI is InChI=1S/C12H16N2O5/c1-4-13-12(17)14-10(15)8(3)19-11(16)9-6-5-7(2)18-9/h5-6,8H,4H2,1-3H3,(H2,13,14,15,17). The molecule has 1 unspecified atom stereocenters. The fourth-order valence-electron chi connectivity index (χ4n) is 1.23. The number of aryl methyl sites for hydroxylation is 1. The Kier molecular flexibility index (Phi) is 5.11. The fraction of sp³-hybridized carbons (Fsp3) is 0.417. The first kappa shape index (κ1) is 14.7. The van der Waals surface area contributed by atoms with Gasteiger partial charge in [-0.3, -0.25) is 10.1 Å². The van der Waals surface area contributed by atoms with Gasteiger partial charge in [0.05, 0.1) is 0 Å². The molecule has 1 heterocycles. The zero-order valence-electron chi connectivity index (χ0n) is 11.0. The summed E-state index contributed by atoms with van der Waals surface area (Å²) >= 11 is 0. The molecule has 0 fully saturated rings. The van der Waals surface area contributed by atoms with Gasteiger partial charge in [-0.2, -0.15) is 0 Å². The molecular formula is C12H16N2O5. The van der Waals surface area contributed by atoms with Gasteiger partial charge in [0.25, 0.3) is 5.91 Å². The minimum atomic E-state index is -1.10. The van der Waals surface area contributed by atoms with E-state index in [0.29, 0.717) is 12.3 Å². The molecule has 0 aliphatic carbocycles. The Bertz CT molecular complexity index is 480. The summed E-state index contributed by atoms with van der Waals surface area (Å²) in [5.74, 6) is -0.893. The molecule has 7 heteroatoms. The highest BCUT2D eigenvalue weighted by Crippen LogP contribution is 2.09. The average molecular weight is 268 g/mol. The van der Waals surface area contributed by atoms with E-state index in [-0.39, 0.29) is 5.76 Å². The number of urea groups is 1. The van der Waals surface area contributed by atoms with E-state index in [4.69, 9.17) is 9.15 Å². The van der Waals surface area contributed by atoms with Crippen molar-refractivity contribution >= 4 is 17.9 Å². The van der Waals surface area contributed by atoms with Gasteiger partial charge in [0.1, 0.15) is 5.76 Å². The molecule has 0 radical (unpaired) electrons. The second-order valence-electron chi connectivity index (χ2n) is 3.81. The Balaban J connectivity index is 2.50. The quantitative estimate of drug-likeness (QED) is 0.793. The predicted octanol–water partition coefficient (Wildman–Crippen LogP) is 0.979. The number of hydrogen-bond acceptors (Lipinski definition) is 5. The number of nitrogens with one attached hydrogen (secondary N) is 2. The Hall–Kier alpha value is -2.31. The van der Waals surface area contributed by atoms with Gasteiger partial charge < -0.3 is 14.5 Å². The van der Waals surface area contributed by atoms with E-state index in [1.54, 1.807) is 19.9 Å². The highest BCUT2D eigenvalue weighted by atomic mass is 16.6. The van der Waals surface area contributed by atoms with Gasteiger partial charge in [0.15, 0.2) is 6.10 Å². The summed E-state index contributed by atoms with van der Waals surface area (Å²) < 4.78 is 9.93. The minimum absolute atomic E-state index is 0.00941. The summed E-state index contributed by atoms with van der Waals surface area (Å²) in [7, 11) is 0. The monoisotopic (exact) mass is 268 g/mol. The fourth-order valence-corrected chi connectivity index (χ4v) is 1.23. The van der Waals surface area contributed by atoms with Crippen LogP contribution in [0.2, 0.25) is 0 Å². The number of hydrogen-bond donors (Lipinski definition) is 2. The molecule has 0 saturated carbocycles. The number of carbonyl (C=O) groups excluding carboxylic acids is 3. The topological polar surface area (TPSA) is 97.6 Å². The third-order valence-corrected chi connectivity index (χ3v) is 2.17. The van der Waals surface area contributed by atoms with Gasteiger partial charge in [-0.1, -0.05) is 0 Å². The maximum Gasteiger partial charge on any atom is 0.375 e. The van der Waals surface area contributed by atoms with E-state index in [2.05, 4.69) is 5.32 Å². The average Bonchev–Trinajstić information content (AvgIpc) is 2.76. The van der Waals surface area contributed by atoms with Gasteiger partial charge in [0, 0.05) is 6.54 Å². The zero-order chi connectivity index (χ0) is 14.4. The van der Waals surface area contributed by atoms with Crippen LogP contribution in [0.3, 0.4) is 0 Å². The zero-order valence-corrected chi connectivity index (χ0v) is 11.0. The van der Waals surface area contributed by atoms with Gasteiger partial charge in [-0.15, -0.1) is 0 Å². The van der Waals surface area contributed by atoms with Crippen LogP contribution < -0.4 is 10.6 Å². The van der Waals surface area contributed by atoms with Gasteiger partial charge in [0.2, 0.25) is 5.76 Å². The molecule has 104 valence electrons. The Morgan fingerprint density at radius 2 is 2.05 bits per heavy atom. The molecule has 0 saturated heterocycles. The van der Waals surface area contributed by atoms with E-state index in [9.17, 15) is 14.4 Å². The maximum absolute atomic E-state index is 11.6. The normalized spacial score (nSPS) is 11.5. The highest BCUT2D eigenvalue weighted by Gasteiger charge is 2.22. The van der Waals surface area contributed by atoms with Crippen molar-refractivity contribution in [3.63, 3.8) is 0 Å². The van der Waals surface area contributed by atoms with E-state index in [1.807, 2.05) is 5.32 Å². The number of ether oxygens (including phenoxy) is 1. The summed E-state index contributed by atoms with van der Waals surface area (Å²) in [6, 6.07) is 2.42. The van der Waals surface area contributed by atoms with Crippen LogP contribution in [-0.2, 0) is 9.53 Å². The second kappa shape index (κ2) is 6.58. The molecule has 1 rings (SSSR count). The minimum Gasteiger partial charge on any atom is -0.454 e. The largest absolute Gasteiger partial charge is 0.454 e. The van der Waals surface area contributed by atoms with Crippen molar-refractivity contribution in [3.8, 4) is 0 Å². The van der Waals surface area contributed by atoms with Crippen molar-refractivity contribution in [1.29, 1.82) is 0 Å². The Labute approximate surface area is 110 Å². The highest BCUT2D eigenvalue weighted by molar-refractivity contribution is 5.98. The van der Waals surface area contributed by atoms with E-state index >= 15 is 0 Å². The SMILES string of the molecule is CCNC(=O)NC(=O)C(C)OC(=O)c1ccc(C)o1. The molecule has 7 nitrogen and oxygen atoms in total. The number of furan rings is 1. The van der Waals surface area contributed by atoms with Crippen LogP contribution in [0.15, 0.2) is 16.5 Å². The lowest BCUT2D eigenvalue weighted by atomic mass is 10.3. The molecule has 0 spiro atoms. The van der Waals surface area contributed by atoms with Crippen molar-refractivity contribution in [3.05, 3.63) is 23.7 Å². The van der Waals surface area contributed by atoms with Gasteiger partial charge in [-0.25, -0.2) is 9.59 Å². The van der Waals surface area contributed by atoms with Crippen LogP contribution in [0.5, 0.6) is 0 Å². The molecular weight excluding hydrogens is 252 g/mol. The van der Waals surface area contributed by atoms with Crippen molar-refractivity contribution < 1.29 is 23.5 Å². The lowest BCUT2D eigenvalue weighted by Gasteiger charge is -2.11. The van der Waals surface area contributed by atoms with E-state index < -0.39 is 24.0 Å². The van der Waals surface area contributed by atoms with Crippen molar-refractivity contribution in [2.45, 2.75) is 26.9 Å². The number of amides is 3. The van der Waals surface area contributed by atoms with Gasteiger partial charge in [-0.05, 0) is 32.9 Å². The van der Waals surface area contributed by atoms with Crippen LogP contribution in [-0.4, -0.2) is 30.6 Å². The summed E-state index contributed by atoms with van der Waals surface area (Å²) in [5, 5.41) is 4.44. The molecule has 1 aromatic heterocycles. The molecule has 2 N–H and O–H groups in total. The third kappa shape index (κ3) is 4.46. The lowest BCUT2D eigenvalue weighted by Crippen LogP contribution is -2.44. The second-order valence-corrected chi connectivity index (χ2v) is 3.81. The number of esters is 1. The number of carbonyl (C=O) groups is 3. The molecule has 19 heavy (non-hydrogen) atoms. The molecule has 3 amide bonds. The van der Waals surface area contributed by atoms with Gasteiger partial charge >= 0.3 is 12.0 Å². The van der Waals surface area contributed by atoms with Crippen molar-refractivity contribution in [1.82, 2.24) is 10.6 Å². The Morgan fingerprint density at radius 3 is 2.58 bits per heavy atom. The van der Waals surface area contributed by atoms with Crippen LogP contribution in [0.4, 0.5) is 4.79 Å². The molecule has 0 aliphatic heterocycles. The van der Waals surface area contributed by atoms with Crippen LogP contribution in [0.1, 0.15) is 30.2 Å². The Morgan fingerprint density at radius 1 is 1.37 bits per heavy atom. The summed E-state index contributed by atoms with van der Waals surface area (Å²) in [4.78, 5) is 34.2. The van der Waals surface area contributed by atoms with Crippen LogP contribution in [0, 0.1) is 6.92 Å². The summed E-state index contributed by atoms with van der Waals surface area (Å²) in [6.07, 6.45) is -1.10. The molecule has 0 aliphatic rings. The summed E-state index contributed by atoms with van der Waals surface area (Å²) in [5.41, 5.74) is 0. The van der Waals surface area contributed by atoms with E-state index in [0.717, 1.165) is 0 Å². The van der Waals surface area contributed by atoms with E-state index in [1.165, 1.54) is 13.0 Å². The van der Waals surface area contributed by atoms with Crippen molar-refractivity contribution in [2.75, 3.05) is 6.54 Å². The summed E-state index contributed by atoms with van der Waals surface area (Å²) in [6.45, 7) is 5.15. The molecule has 1 atom stereocenters. The smallest absolute Gasteiger partial charge is 0.375 e. The van der Waals surface area contributed by atoms with Crippen LogP contribution in [0.25, 0.3) is 0 Å². The third-order valence-electron chi connectivity index (χ3n) is 2.17. The molecule has 0 aromatic carbocycles.